The van der Waals surface area contributed by atoms with Gasteiger partial charge in [0.1, 0.15) is 11.5 Å². The number of fused-ring (bicyclic) bond motifs is 9. The maximum Gasteiger partial charge on any atom is 0.164 e. The molecule has 1 aromatic heterocycles. The zero-order valence-electron chi connectivity index (χ0n) is 31.3. The lowest BCUT2D eigenvalue weighted by Crippen LogP contribution is -2.32. The third-order valence-corrected chi connectivity index (χ3v) is 11.6. The van der Waals surface area contributed by atoms with Gasteiger partial charge in [-0.1, -0.05) is 170 Å². The van der Waals surface area contributed by atoms with Gasteiger partial charge in [-0.15, -0.1) is 0 Å². The molecular formula is C54H33N3O. The first-order valence-electron chi connectivity index (χ1n) is 19.5. The standard InChI is InChI=1S/C54H33N3O/c55-34-35-25-27-36(28-26-35)37-29-31-38(32-30-37)41-18-11-22-46-51(41)42-17-7-8-20-44(42)54(46)45-21-9-10-24-50(45)58-52-43(19-12-23-47(52)54)53-56-48(39-13-3-1-4-14-39)33-49(57-53)40-15-5-2-6-16-40/h1-33H. The molecule has 2 aliphatic rings. The predicted octanol–water partition coefficient (Wildman–Crippen LogP) is 13.2. The minimum Gasteiger partial charge on any atom is -0.456 e. The Morgan fingerprint density at radius 1 is 0.414 bits per heavy atom. The van der Waals surface area contributed by atoms with Gasteiger partial charge in [0.2, 0.25) is 0 Å². The number of para-hydroxylation sites is 2. The van der Waals surface area contributed by atoms with Crippen LogP contribution in [0.4, 0.5) is 0 Å². The van der Waals surface area contributed by atoms with Gasteiger partial charge in [-0.05, 0) is 74.8 Å². The molecule has 58 heavy (non-hydrogen) atoms. The fraction of sp³-hybridized carbons (Fsp3) is 0.0185. The molecule has 1 aliphatic heterocycles. The van der Waals surface area contributed by atoms with E-state index in [9.17, 15) is 5.26 Å². The molecule has 0 amide bonds. The van der Waals surface area contributed by atoms with E-state index >= 15 is 0 Å². The van der Waals surface area contributed by atoms with Gasteiger partial charge in [0, 0.05) is 22.3 Å². The number of hydrogen-bond donors (Lipinski definition) is 0. The number of hydrogen-bond acceptors (Lipinski definition) is 4. The minimum atomic E-state index is -0.677. The van der Waals surface area contributed by atoms with Gasteiger partial charge < -0.3 is 4.74 Å². The van der Waals surface area contributed by atoms with Crippen LogP contribution in [0.15, 0.2) is 200 Å². The molecule has 270 valence electrons. The largest absolute Gasteiger partial charge is 0.456 e. The van der Waals surface area contributed by atoms with Crippen molar-refractivity contribution in [2.75, 3.05) is 0 Å². The average molecular weight is 740 g/mol. The van der Waals surface area contributed by atoms with Gasteiger partial charge in [0.15, 0.2) is 5.82 Å². The number of benzene rings is 8. The van der Waals surface area contributed by atoms with Gasteiger partial charge >= 0.3 is 0 Å². The Morgan fingerprint density at radius 3 is 1.60 bits per heavy atom. The van der Waals surface area contributed by atoms with Crippen LogP contribution in [0.25, 0.3) is 67.3 Å². The van der Waals surface area contributed by atoms with Crippen molar-refractivity contribution in [2.24, 2.45) is 0 Å². The summed E-state index contributed by atoms with van der Waals surface area (Å²) in [6.07, 6.45) is 0. The van der Waals surface area contributed by atoms with Crippen LogP contribution in [0, 0.1) is 11.3 Å². The second kappa shape index (κ2) is 13.4. The Morgan fingerprint density at radius 2 is 0.931 bits per heavy atom. The van der Waals surface area contributed by atoms with Gasteiger partial charge in [0.25, 0.3) is 0 Å². The van der Waals surface area contributed by atoms with Crippen molar-refractivity contribution < 1.29 is 4.74 Å². The molecular weight excluding hydrogens is 707 g/mol. The molecule has 2 heterocycles. The van der Waals surface area contributed by atoms with E-state index in [1.807, 2.05) is 66.7 Å². The van der Waals surface area contributed by atoms with E-state index in [0.29, 0.717) is 11.4 Å². The SMILES string of the molecule is N#Cc1ccc(-c2ccc(-c3cccc4c3-c3ccccc3C43c4ccccc4Oc4c(-c5nc(-c6ccccc6)cc(-c6ccccc6)n5)cccc43)cc2)cc1. The first-order valence-corrected chi connectivity index (χ1v) is 19.5. The van der Waals surface area contributed by atoms with Gasteiger partial charge in [-0.2, -0.15) is 5.26 Å². The van der Waals surface area contributed by atoms with E-state index in [2.05, 4.69) is 140 Å². The van der Waals surface area contributed by atoms with Crippen molar-refractivity contribution in [3.63, 3.8) is 0 Å². The Kier molecular flexibility index (Phi) is 7.74. The molecule has 4 nitrogen and oxygen atoms in total. The second-order valence-corrected chi connectivity index (χ2v) is 14.8. The van der Waals surface area contributed by atoms with Crippen LogP contribution in [-0.2, 0) is 5.41 Å². The highest BCUT2D eigenvalue weighted by Crippen LogP contribution is 2.64. The highest BCUT2D eigenvalue weighted by atomic mass is 16.5. The van der Waals surface area contributed by atoms with E-state index < -0.39 is 5.41 Å². The molecule has 1 spiro atoms. The lowest BCUT2D eigenvalue weighted by Gasteiger charge is -2.40. The van der Waals surface area contributed by atoms with E-state index in [1.54, 1.807) is 0 Å². The van der Waals surface area contributed by atoms with Crippen molar-refractivity contribution in [1.82, 2.24) is 9.97 Å². The van der Waals surface area contributed by atoms with E-state index in [4.69, 9.17) is 14.7 Å². The Labute approximate surface area is 337 Å². The summed E-state index contributed by atoms with van der Waals surface area (Å²) in [5.74, 6) is 2.17. The zero-order valence-corrected chi connectivity index (χ0v) is 31.3. The van der Waals surface area contributed by atoms with Gasteiger partial charge in [-0.25, -0.2) is 9.97 Å². The highest BCUT2D eigenvalue weighted by Gasteiger charge is 2.52. The normalized spacial score (nSPS) is 14.4. The molecule has 0 bridgehead atoms. The van der Waals surface area contributed by atoms with Crippen LogP contribution in [0.3, 0.4) is 0 Å². The van der Waals surface area contributed by atoms with Crippen molar-refractivity contribution >= 4 is 0 Å². The van der Waals surface area contributed by atoms with Crippen molar-refractivity contribution in [3.8, 4) is 84.9 Å². The summed E-state index contributed by atoms with van der Waals surface area (Å²) in [6, 6.07) is 71.9. The first kappa shape index (κ1) is 33.5. The van der Waals surface area contributed by atoms with Crippen LogP contribution >= 0.6 is 0 Å². The highest BCUT2D eigenvalue weighted by molar-refractivity contribution is 5.97. The van der Waals surface area contributed by atoms with Crippen LogP contribution in [0.2, 0.25) is 0 Å². The smallest absolute Gasteiger partial charge is 0.164 e. The van der Waals surface area contributed by atoms with E-state index in [0.717, 1.165) is 67.4 Å². The van der Waals surface area contributed by atoms with Gasteiger partial charge in [-0.3, -0.25) is 0 Å². The number of aromatic nitrogens is 2. The summed E-state index contributed by atoms with van der Waals surface area (Å²) in [5, 5.41) is 9.31. The number of ether oxygens (including phenoxy) is 1. The molecule has 0 saturated heterocycles. The van der Waals surface area contributed by atoms with Gasteiger partial charge in [0.05, 0.1) is 34.0 Å². The summed E-state index contributed by atoms with van der Waals surface area (Å²) >= 11 is 0. The quantitative estimate of drug-likeness (QED) is 0.176. The Bertz CT molecular complexity index is 3020. The first-order chi connectivity index (χ1) is 28.7. The second-order valence-electron chi connectivity index (χ2n) is 14.8. The van der Waals surface area contributed by atoms with Crippen LogP contribution in [0.1, 0.15) is 27.8 Å². The summed E-state index contributed by atoms with van der Waals surface area (Å²) in [7, 11) is 0. The van der Waals surface area contributed by atoms with Crippen LogP contribution in [0.5, 0.6) is 11.5 Å². The number of nitrogens with zero attached hydrogens (tertiary/aromatic N) is 3. The summed E-state index contributed by atoms with van der Waals surface area (Å²) in [5.41, 5.74) is 16.0. The lowest BCUT2D eigenvalue weighted by molar-refractivity contribution is 0.437. The number of nitriles is 1. The summed E-state index contributed by atoms with van der Waals surface area (Å²) in [4.78, 5) is 10.5. The molecule has 1 aliphatic carbocycles. The predicted molar refractivity (Wildman–Crippen MR) is 231 cm³/mol. The van der Waals surface area contributed by atoms with E-state index in [1.165, 1.54) is 27.8 Å². The minimum absolute atomic E-state index is 0.606. The van der Waals surface area contributed by atoms with Crippen LogP contribution < -0.4 is 4.74 Å². The molecule has 0 fully saturated rings. The van der Waals surface area contributed by atoms with E-state index in [-0.39, 0.29) is 0 Å². The maximum absolute atomic E-state index is 9.31. The molecule has 8 aromatic carbocycles. The molecule has 11 rings (SSSR count). The average Bonchev–Trinajstić information content (AvgIpc) is 3.60. The fourth-order valence-corrected chi connectivity index (χ4v) is 9.05. The molecule has 0 radical (unpaired) electrons. The summed E-state index contributed by atoms with van der Waals surface area (Å²) < 4.78 is 7.06. The molecule has 1 atom stereocenters. The van der Waals surface area contributed by atoms with Crippen molar-refractivity contribution in [1.29, 1.82) is 5.26 Å². The van der Waals surface area contributed by atoms with Crippen molar-refractivity contribution in [3.05, 3.63) is 228 Å². The monoisotopic (exact) mass is 739 g/mol. The molecule has 9 aromatic rings. The molecule has 0 saturated carbocycles. The van der Waals surface area contributed by atoms with Crippen molar-refractivity contribution in [2.45, 2.75) is 5.41 Å². The Balaban J connectivity index is 1.14. The van der Waals surface area contributed by atoms with Crippen LogP contribution in [-0.4, -0.2) is 9.97 Å². The molecule has 4 heteroatoms. The topological polar surface area (TPSA) is 58.8 Å². The third kappa shape index (κ3) is 5.15. The lowest BCUT2D eigenvalue weighted by atomic mass is 9.65. The molecule has 1 unspecified atom stereocenters. The fourth-order valence-electron chi connectivity index (χ4n) is 9.05. The summed E-state index contributed by atoms with van der Waals surface area (Å²) in [6.45, 7) is 0. The Hall–Kier alpha value is -7.87. The maximum atomic E-state index is 9.31. The number of rotatable bonds is 5. The molecule has 0 N–H and O–H groups in total. The zero-order chi connectivity index (χ0) is 38.6. The third-order valence-electron chi connectivity index (χ3n) is 11.6.